The Bertz CT molecular complexity index is 1350. The number of likely N-dealkylation sites (tertiary alicyclic amines) is 1. The second kappa shape index (κ2) is 10.0. The molecule has 2 fully saturated rings. The fourth-order valence-corrected chi connectivity index (χ4v) is 5.40. The van der Waals surface area contributed by atoms with Gasteiger partial charge in [-0.05, 0) is 57.4 Å². The van der Waals surface area contributed by atoms with Crippen molar-refractivity contribution in [3.8, 4) is 0 Å². The Kier molecular flexibility index (Phi) is 6.81. The van der Waals surface area contributed by atoms with Crippen LogP contribution in [0.5, 0.6) is 0 Å². The lowest BCUT2D eigenvalue weighted by atomic mass is 10.0. The van der Waals surface area contributed by atoms with E-state index in [1.807, 2.05) is 11.8 Å². The molecule has 5 rings (SSSR count). The van der Waals surface area contributed by atoms with Gasteiger partial charge in [-0.1, -0.05) is 12.1 Å². The van der Waals surface area contributed by atoms with Crippen LogP contribution in [0.4, 0.5) is 4.39 Å². The fraction of sp³-hybridized carbons (Fsp3) is 0.429. The lowest BCUT2D eigenvalue weighted by Crippen LogP contribution is -2.57. The van der Waals surface area contributed by atoms with Crippen LogP contribution in [0.1, 0.15) is 58.7 Å². The van der Waals surface area contributed by atoms with E-state index >= 15 is 0 Å². The zero-order valence-electron chi connectivity index (χ0n) is 21.5. The van der Waals surface area contributed by atoms with E-state index in [1.165, 1.54) is 18.3 Å². The molecule has 2 saturated heterocycles. The van der Waals surface area contributed by atoms with E-state index in [-0.39, 0.29) is 29.4 Å². The molecule has 3 aromatic rings. The molecule has 0 spiro atoms. The van der Waals surface area contributed by atoms with Crippen molar-refractivity contribution in [2.24, 2.45) is 0 Å². The highest BCUT2D eigenvalue weighted by Gasteiger charge is 2.34. The van der Waals surface area contributed by atoms with Crippen LogP contribution in [-0.4, -0.2) is 80.5 Å². The normalized spacial score (nSPS) is 20.5. The number of aromatic nitrogens is 2. The minimum Gasteiger partial charge on any atom is -0.345 e. The van der Waals surface area contributed by atoms with E-state index in [4.69, 9.17) is 0 Å². The minimum absolute atomic E-state index is 0.0525. The van der Waals surface area contributed by atoms with Crippen molar-refractivity contribution in [3.63, 3.8) is 0 Å². The third kappa shape index (κ3) is 4.87. The molecule has 2 atom stereocenters. The number of benzene rings is 1. The number of nitrogens with zero attached hydrogens (tertiary/aromatic N) is 4. The second-order valence-electron chi connectivity index (χ2n) is 10.3. The predicted octanol–water partition coefficient (Wildman–Crippen LogP) is 3.55. The van der Waals surface area contributed by atoms with E-state index in [0.29, 0.717) is 55.0 Å². The summed E-state index contributed by atoms with van der Waals surface area (Å²) < 4.78 is 13.3. The number of H-pyrrole nitrogens is 1. The van der Waals surface area contributed by atoms with Crippen LogP contribution in [0.3, 0.4) is 0 Å². The first kappa shape index (κ1) is 25.1. The first-order valence-corrected chi connectivity index (χ1v) is 12.8. The number of rotatable bonds is 5. The molecule has 0 aliphatic carbocycles. The Hall–Kier alpha value is -3.59. The van der Waals surface area contributed by atoms with Crippen molar-refractivity contribution >= 4 is 28.6 Å². The fourth-order valence-electron chi connectivity index (χ4n) is 5.40. The molecule has 0 bridgehead atoms. The van der Waals surface area contributed by atoms with E-state index < -0.39 is 11.7 Å². The minimum atomic E-state index is -0.575. The molecule has 0 radical (unpaired) electrons. The molecule has 1 aromatic carbocycles. The zero-order chi connectivity index (χ0) is 26.3. The maximum atomic E-state index is 13.7. The first-order valence-electron chi connectivity index (χ1n) is 12.8. The number of ketones is 1. The number of fused-ring (bicyclic) bond motifs is 1. The molecule has 1 N–H and O–H groups in total. The van der Waals surface area contributed by atoms with Gasteiger partial charge in [0.1, 0.15) is 11.5 Å². The van der Waals surface area contributed by atoms with Crippen molar-refractivity contribution < 1.29 is 18.8 Å². The van der Waals surface area contributed by atoms with E-state index in [0.717, 1.165) is 18.4 Å². The summed E-state index contributed by atoms with van der Waals surface area (Å²) in [5.41, 5.74) is 2.76. The number of aromatic amines is 1. The number of piperazine rings is 1. The van der Waals surface area contributed by atoms with Crippen molar-refractivity contribution in [1.29, 1.82) is 0 Å². The van der Waals surface area contributed by atoms with Gasteiger partial charge in [-0.3, -0.25) is 19.3 Å². The Balaban J connectivity index is 1.36. The maximum Gasteiger partial charge on any atom is 0.295 e. The van der Waals surface area contributed by atoms with Gasteiger partial charge in [0.2, 0.25) is 0 Å². The van der Waals surface area contributed by atoms with Crippen molar-refractivity contribution in [1.82, 2.24) is 24.7 Å². The van der Waals surface area contributed by atoms with Crippen LogP contribution in [0.2, 0.25) is 0 Å². The average Bonchev–Trinajstić information content (AvgIpc) is 3.56. The summed E-state index contributed by atoms with van der Waals surface area (Å²) in [5, 5.41) is 0.488. The highest BCUT2D eigenvalue weighted by Crippen LogP contribution is 2.26. The summed E-state index contributed by atoms with van der Waals surface area (Å²) >= 11 is 0. The first-order chi connectivity index (χ1) is 17.7. The lowest BCUT2D eigenvalue weighted by Gasteiger charge is -2.44. The molecule has 2 aliphatic rings. The molecule has 0 unspecified atom stereocenters. The summed E-state index contributed by atoms with van der Waals surface area (Å²) in [6.07, 6.45) is 3.32. The molecule has 2 aromatic heterocycles. The number of carbonyl (C=O) groups excluding carboxylic acids is 3. The van der Waals surface area contributed by atoms with Crippen LogP contribution >= 0.6 is 0 Å². The second-order valence-corrected chi connectivity index (χ2v) is 10.3. The summed E-state index contributed by atoms with van der Waals surface area (Å²) in [5.74, 6) is -1.48. The van der Waals surface area contributed by atoms with E-state index in [2.05, 4.69) is 21.8 Å². The van der Waals surface area contributed by atoms with Gasteiger partial charge in [-0.15, -0.1) is 0 Å². The molecular formula is C28H32FN5O3. The summed E-state index contributed by atoms with van der Waals surface area (Å²) in [6, 6.07) is 8.26. The van der Waals surface area contributed by atoms with Gasteiger partial charge in [0.25, 0.3) is 17.6 Å². The number of hydrogen-bond donors (Lipinski definition) is 1. The Morgan fingerprint density at radius 3 is 2.43 bits per heavy atom. The highest BCUT2D eigenvalue weighted by molar-refractivity contribution is 6.44. The third-order valence-electron chi connectivity index (χ3n) is 7.59. The molecule has 8 nitrogen and oxygen atoms in total. The van der Waals surface area contributed by atoms with Crippen LogP contribution < -0.4 is 0 Å². The van der Waals surface area contributed by atoms with E-state index in [1.54, 1.807) is 30.0 Å². The largest absolute Gasteiger partial charge is 0.345 e. The van der Waals surface area contributed by atoms with Crippen LogP contribution in [0, 0.1) is 12.7 Å². The summed E-state index contributed by atoms with van der Waals surface area (Å²) in [7, 11) is 0. The molecule has 194 valence electrons. The van der Waals surface area contributed by atoms with Crippen molar-refractivity contribution in [3.05, 3.63) is 64.7 Å². The van der Waals surface area contributed by atoms with Crippen molar-refractivity contribution in [2.45, 2.75) is 52.2 Å². The highest BCUT2D eigenvalue weighted by atomic mass is 19.1. The quantitative estimate of drug-likeness (QED) is 0.423. The molecule has 9 heteroatoms. The van der Waals surface area contributed by atoms with Gasteiger partial charge in [0.05, 0.1) is 16.8 Å². The number of hydrogen-bond acceptors (Lipinski definition) is 5. The maximum absolute atomic E-state index is 13.7. The Morgan fingerprint density at radius 1 is 1.03 bits per heavy atom. The number of halogens is 1. The van der Waals surface area contributed by atoms with Crippen LogP contribution in [0.25, 0.3) is 11.0 Å². The lowest BCUT2D eigenvalue weighted by molar-refractivity contribution is -0.125. The van der Waals surface area contributed by atoms with Crippen LogP contribution in [-0.2, 0) is 11.3 Å². The predicted molar refractivity (Wildman–Crippen MR) is 138 cm³/mol. The van der Waals surface area contributed by atoms with Gasteiger partial charge in [0.15, 0.2) is 0 Å². The Morgan fingerprint density at radius 2 is 1.73 bits per heavy atom. The van der Waals surface area contributed by atoms with E-state index in [9.17, 15) is 18.8 Å². The molecular weight excluding hydrogens is 473 g/mol. The SMILES string of the molecule is Cc1nc2[nH]cc(C(=O)C(=O)N3CCCC3)c2cc1C(=O)N1C[C@H](C)N(Cc2ccc(F)cc2)C[C@H]1C. The Labute approximate surface area is 215 Å². The number of nitrogens with one attached hydrogen (secondary N) is 1. The topological polar surface area (TPSA) is 89.6 Å². The zero-order valence-corrected chi connectivity index (χ0v) is 21.5. The number of Topliss-reactive ketones (excluding diaryl/α,β-unsaturated/α-hetero) is 1. The van der Waals surface area contributed by atoms with Crippen LogP contribution in [0.15, 0.2) is 36.5 Å². The molecule has 37 heavy (non-hydrogen) atoms. The van der Waals surface area contributed by atoms with Gasteiger partial charge >= 0.3 is 0 Å². The molecule has 4 heterocycles. The van der Waals surface area contributed by atoms with Crippen molar-refractivity contribution in [2.75, 3.05) is 26.2 Å². The monoisotopic (exact) mass is 505 g/mol. The van der Waals surface area contributed by atoms with Gasteiger partial charge in [-0.2, -0.15) is 0 Å². The smallest absolute Gasteiger partial charge is 0.295 e. The molecule has 2 amide bonds. The molecule has 2 aliphatic heterocycles. The average molecular weight is 506 g/mol. The van der Waals surface area contributed by atoms with Gasteiger partial charge in [0, 0.05) is 56.4 Å². The summed E-state index contributed by atoms with van der Waals surface area (Å²) in [6.45, 7) is 8.96. The summed E-state index contributed by atoms with van der Waals surface area (Å²) in [4.78, 5) is 52.7. The third-order valence-corrected chi connectivity index (χ3v) is 7.59. The van der Waals surface area contributed by atoms with Gasteiger partial charge < -0.3 is 14.8 Å². The number of amides is 2. The number of pyridine rings is 1. The number of carbonyl (C=O) groups is 3. The standard InChI is InChI=1S/C28H32FN5O3/c1-17-15-34(18(2)14-33(17)16-20-6-8-21(29)9-7-20)27(36)22-12-23-24(13-30-26(23)31-19(22)3)25(35)28(37)32-10-4-5-11-32/h6-9,12-13,17-18H,4-5,10-11,14-16H2,1-3H3,(H,30,31)/t17-,18+/m0/s1. The van der Waals surface area contributed by atoms with Gasteiger partial charge in [-0.25, -0.2) is 9.37 Å². The number of aryl methyl sites for hydroxylation is 1. The molecule has 0 saturated carbocycles.